The van der Waals surface area contributed by atoms with Gasteiger partial charge in [-0.1, -0.05) is 20.8 Å². The Hall–Kier alpha value is -1.14. The van der Waals surface area contributed by atoms with E-state index < -0.39 is 11.0 Å². The highest BCUT2D eigenvalue weighted by atomic mass is 16.5. The Bertz CT molecular complexity index is 357. The predicted octanol–water partition coefficient (Wildman–Crippen LogP) is 0.587. The Kier molecular flexibility index (Phi) is 6.61. The fourth-order valence-corrected chi connectivity index (χ4v) is 2.16. The van der Waals surface area contributed by atoms with E-state index in [1.54, 1.807) is 0 Å². The van der Waals surface area contributed by atoms with E-state index >= 15 is 0 Å². The molecule has 1 rings (SSSR count). The van der Waals surface area contributed by atoms with Crippen molar-refractivity contribution in [2.45, 2.75) is 52.0 Å². The number of hydrogen-bond acceptors (Lipinski definition) is 4. The van der Waals surface area contributed by atoms with E-state index in [0.717, 1.165) is 0 Å². The summed E-state index contributed by atoms with van der Waals surface area (Å²) in [6.45, 7) is 7.09. The third kappa shape index (κ3) is 6.01. The molecule has 1 aliphatic rings. The van der Waals surface area contributed by atoms with Crippen LogP contribution in [-0.4, -0.2) is 48.8 Å². The standard InChI is InChI=1S/C15H28N2O4/c1-14(2,3)13(20)16-8-4-5-12(19)17-15(11-18)6-9-21-10-7-15/h18H,4-11H2,1-3H3,(H,16,20)(H,17,19). The van der Waals surface area contributed by atoms with Crippen molar-refractivity contribution < 1.29 is 19.4 Å². The second kappa shape index (κ2) is 7.75. The zero-order valence-electron chi connectivity index (χ0n) is 13.3. The molecule has 0 saturated carbocycles. The molecule has 0 atom stereocenters. The van der Waals surface area contributed by atoms with E-state index in [1.807, 2.05) is 20.8 Å². The molecule has 0 radical (unpaired) electrons. The fourth-order valence-electron chi connectivity index (χ4n) is 2.16. The van der Waals surface area contributed by atoms with Crippen LogP contribution in [0, 0.1) is 5.41 Å². The summed E-state index contributed by atoms with van der Waals surface area (Å²) < 4.78 is 5.25. The van der Waals surface area contributed by atoms with Crippen LogP contribution in [0.15, 0.2) is 0 Å². The lowest BCUT2D eigenvalue weighted by Crippen LogP contribution is -2.54. The van der Waals surface area contributed by atoms with E-state index in [2.05, 4.69) is 10.6 Å². The summed E-state index contributed by atoms with van der Waals surface area (Å²) in [5.74, 6) is -0.102. The van der Waals surface area contributed by atoms with Gasteiger partial charge in [-0.05, 0) is 19.3 Å². The van der Waals surface area contributed by atoms with E-state index in [-0.39, 0.29) is 18.4 Å². The van der Waals surface area contributed by atoms with Gasteiger partial charge >= 0.3 is 0 Å². The van der Waals surface area contributed by atoms with Gasteiger partial charge in [0, 0.05) is 31.6 Å². The summed E-state index contributed by atoms with van der Waals surface area (Å²) in [6, 6.07) is 0. The molecule has 6 nitrogen and oxygen atoms in total. The lowest BCUT2D eigenvalue weighted by Gasteiger charge is -2.36. The number of amides is 2. The van der Waals surface area contributed by atoms with Crippen LogP contribution in [0.2, 0.25) is 0 Å². The van der Waals surface area contributed by atoms with E-state index in [0.29, 0.717) is 45.4 Å². The first kappa shape index (κ1) is 17.9. The molecule has 0 bridgehead atoms. The van der Waals surface area contributed by atoms with Gasteiger partial charge < -0.3 is 20.5 Å². The first-order chi connectivity index (χ1) is 9.79. The zero-order chi connectivity index (χ0) is 15.9. The molecule has 0 spiro atoms. The highest BCUT2D eigenvalue weighted by Crippen LogP contribution is 2.20. The van der Waals surface area contributed by atoms with Crippen LogP contribution in [0.25, 0.3) is 0 Å². The van der Waals surface area contributed by atoms with Gasteiger partial charge in [0.1, 0.15) is 0 Å². The van der Waals surface area contributed by atoms with Crippen LogP contribution < -0.4 is 10.6 Å². The number of rotatable bonds is 6. The smallest absolute Gasteiger partial charge is 0.225 e. The maximum absolute atomic E-state index is 11.9. The topological polar surface area (TPSA) is 87.7 Å². The van der Waals surface area contributed by atoms with Crippen LogP contribution >= 0.6 is 0 Å². The van der Waals surface area contributed by atoms with Crippen molar-refractivity contribution in [3.8, 4) is 0 Å². The second-order valence-electron chi connectivity index (χ2n) is 6.71. The van der Waals surface area contributed by atoms with Crippen molar-refractivity contribution in [3.63, 3.8) is 0 Å². The normalized spacial score (nSPS) is 18.1. The average Bonchev–Trinajstić information content (AvgIpc) is 2.43. The Labute approximate surface area is 126 Å². The van der Waals surface area contributed by atoms with Crippen LogP contribution in [0.5, 0.6) is 0 Å². The second-order valence-corrected chi connectivity index (χ2v) is 6.71. The molecule has 3 N–H and O–H groups in total. The summed E-state index contributed by atoms with van der Waals surface area (Å²) in [5, 5.41) is 15.2. The molecule has 1 heterocycles. The maximum Gasteiger partial charge on any atom is 0.225 e. The SMILES string of the molecule is CC(C)(C)C(=O)NCCCC(=O)NC1(CO)CCOCC1. The molecule has 0 aromatic rings. The number of nitrogens with one attached hydrogen (secondary N) is 2. The largest absolute Gasteiger partial charge is 0.394 e. The summed E-state index contributed by atoms with van der Waals surface area (Å²) in [6.07, 6.45) is 2.20. The van der Waals surface area contributed by atoms with Gasteiger partial charge in [-0.15, -0.1) is 0 Å². The molecule has 6 heteroatoms. The molecule has 1 fully saturated rings. The minimum absolute atomic E-state index is 0.0147. The number of hydrogen-bond donors (Lipinski definition) is 3. The van der Waals surface area contributed by atoms with Crippen molar-refractivity contribution >= 4 is 11.8 Å². The van der Waals surface area contributed by atoms with Gasteiger partial charge in [0.15, 0.2) is 0 Å². The summed E-state index contributed by atoms with van der Waals surface area (Å²) >= 11 is 0. The van der Waals surface area contributed by atoms with Gasteiger partial charge in [-0.2, -0.15) is 0 Å². The highest BCUT2D eigenvalue weighted by molar-refractivity contribution is 5.81. The van der Waals surface area contributed by atoms with Gasteiger partial charge in [-0.25, -0.2) is 0 Å². The molecule has 1 saturated heterocycles. The van der Waals surface area contributed by atoms with Crippen LogP contribution in [0.1, 0.15) is 46.5 Å². The number of carbonyl (C=O) groups excluding carboxylic acids is 2. The Morgan fingerprint density at radius 3 is 2.38 bits per heavy atom. The molecule has 0 aliphatic carbocycles. The number of aliphatic hydroxyl groups is 1. The van der Waals surface area contributed by atoms with Crippen LogP contribution in [0.4, 0.5) is 0 Å². The molecule has 122 valence electrons. The maximum atomic E-state index is 11.9. The van der Waals surface area contributed by atoms with Crippen molar-refractivity contribution in [2.75, 3.05) is 26.4 Å². The molecule has 0 aromatic heterocycles. The lowest BCUT2D eigenvalue weighted by atomic mass is 9.91. The lowest BCUT2D eigenvalue weighted by molar-refractivity contribution is -0.129. The third-order valence-corrected chi connectivity index (χ3v) is 3.70. The predicted molar refractivity (Wildman–Crippen MR) is 79.7 cm³/mol. The highest BCUT2D eigenvalue weighted by Gasteiger charge is 2.33. The Balaban J connectivity index is 2.26. The Morgan fingerprint density at radius 1 is 1.24 bits per heavy atom. The van der Waals surface area contributed by atoms with Crippen LogP contribution in [-0.2, 0) is 14.3 Å². The molecule has 0 unspecified atom stereocenters. The van der Waals surface area contributed by atoms with E-state index in [9.17, 15) is 14.7 Å². The fraction of sp³-hybridized carbons (Fsp3) is 0.867. The molecular formula is C15H28N2O4. The van der Waals surface area contributed by atoms with E-state index in [4.69, 9.17) is 4.74 Å². The Morgan fingerprint density at radius 2 is 1.86 bits per heavy atom. The van der Waals surface area contributed by atoms with Crippen molar-refractivity contribution in [1.82, 2.24) is 10.6 Å². The summed E-state index contributed by atoms with van der Waals surface area (Å²) in [4.78, 5) is 23.6. The number of aliphatic hydroxyl groups excluding tert-OH is 1. The summed E-state index contributed by atoms with van der Waals surface area (Å²) in [7, 11) is 0. The van der Waals surface area contributed by atoms with Gasteiger partial charge in [-0.3, -0.25) is 9.59 Å². The monoisotopic (exact) mass is 300 g/mol. The van der Waals surface area contributed by atoms with E-state index in [1.165, 1.54) is 0 Å². The number of carbonyl (C=O) groups is 2. The number of ether oxygens (including phenoxy) is 1. The third-order valence-electron chi connectivity index (χ3n) is 3.70. The zero-order valence-corrected chi connectivity index (χ0v) is 13.3. The molecule has 1 aliphatic heterocycles. The first-order valence-electron chi connectivity index (χ1n) is 7.57. The average molecular weight is 300 g/mol. The molecule has 0 aromatic carbocycles. The molecule has 21 heavy (non-hydrogen) atoms. The first-order valence-corrected chi connectivity index (χ1v) is 7.57. The molecule has 2 amide bonds. The summed E-state index contributed by atoms with van der Waals surface area (Å²) in [5.41, 5.74) is -0.949. The quantitative estimate of drug-likeness (QED) is 0.626. The van der Waals surface area contributed by atoms with Crippen molar-refractivity contribution in [2.24, 2.45) is 5.41 Å². The van der Waals surface area contributed by atoms with Gasteiger partial charge in [0.2, 0.25) is 11.8 Å². The van der Waals surface area contributed by atoms with Crippen molar-refractivity contribution in [1.29, 1.82) is 0 Å². The minimum Gasteiger partial charge on any atom is -0.394 e. The van der Waals surface area contributed by atoms with Crippen molar-refractivity contribution in [3.05, 3.63) is 0 Å². The van der Waals surface area contributed by atoms with Gasteiger partial charge in [0.05, 0.1) is 12.1 Å². The van der Waals surface area contributed by atoms with Crippen LogP contribution in [0.3, 0.4) is 0 Å². The van der Waals surface area contributed by atoms with Gasteiger partial charge in [0.25, 0.3) is 0 Å². The minimum atomic E-state index is -0.538. The molecular weight excluding hydrogens is 272 g/mol.